The highest BCUT2D eigenvalue weighted by Gasteiger charge is 2.43. The van der Waals surface area contributed by atoms with Gasteiger partial charge in [0, 0.05) is 16.6 Å². The lowest BCUT2D eigenvalue weighted by atomic mass is 9.76. The van der Waals surface area contributed by atoms with Crippen molar-refractivity contribution >= 4 is 15.9 Å². The highest BCUT2D eigenvalue weighted by atomic mass is 79.9. The van der Waals surface area contributed by atoms with Gasteiger partial charge in [-0.25, -0.2) is 4.39 Å². The lowest BCUT2D eigenvalue weighted by Crippen LogP contribution is -2.35. The first-order valence-corrected chi connectivity index (χ1v) is 7.82. The van der Waals surface area contributed by atoms with E-state index in [0.29, 0.717) is 22.1 Å². The van der Waals surface area contributed by atoms with E-state index >= 15 is 0 Å². The Labute approximate surface area is 131 Å². The molecule has 1 fully saturated rings. The molecule has 3 rings (SSSR count). The molecule has 4 nitrogen and oxygen atoms in total. The van der Waals surface area contributed by atoms with Crippen LogP contribution >= 0.6 is 15.9 Å². The average Bonchev–Trinajstić information content (AvgIpc) is 3.08. The summed E-state index contributed by atoms with van der Waals surface area (Å²) in [5.41, 5.74) is 0.619. The van der Waals surface area contributed by atoms with E-state index in [2.05, 4.69) is 45.2 Å². The minimum atomic E-state index is -0.298. The minimum absolute atomic E-state index is 0.113. The summed E-state index contributed by atoms with van der Waals surface area (Å²) in [6.07, 6.45) is 0.983. The fourth-order valence-corrected chi connectivity index (χ4v) is 3.37. The van der Waals surface area contributed by atoms with Crippen molar-refractivity contribution in [3.63, 3.8) is 0 Å². The number of nitrogens with one attached hydrogen (secondary N) is 1. The van der Waals surface area contributed by atoms with Crippen LogP contribution in [0.25, 0.3) is 11.4 Å². The zero-order valence-electron chi connectivity index (χ0n) is 12.0. The molecule has 2 heterocycles. The molecule has 1 unspecified atom stereocenters. The fraction of sp³-hybridized carbons (Fsp3) is 0.467. The van der Waals surface area contributed by atoms with Gasteiger partial charge in [0.2, 0.25) is 11.7 Å². The van der Waals surface area contributed by atoms with Crippen molar-refractivity contribution < 1.29 is 8.91 Å². The monoisotopic (exact) mass is 353 g/mol. The van der Waals surface area contributed by atoms with Gasteiger partial charge in [0.15, 0.2) is 0 Å². The SMILES string of the molecule is CC(C)C1(c2nc(-c3ccc(F)cc3Br)no2)CCNC1. The van der Waals surface area contributed by atoms with Crippen molar-refractivity contribution in [1.82, 2.24) is 15.5 Å². The summed E-state index contributed by atoms with van der Waals surface area (Å²) in [6, 6.07) is 4.45. The van der Waals surface area contributed by atoms with E-state index in [1.165, 1.54) is 12.1 Å². The molecule has 6 heteroatoms. The molecular weight excluding hydrogens is 337 g/mol. The largest absolute Gasteiger partial charge is 0.338 e. The first-order valence-electron chi connectivity index (χ1n) is 7.03. The van der Waals surface area contributed by atoms with E-state index in [1.807, 2.05) is 0 Å². The molecule has 0 spiro atoms. The average molecular weight is 354 g/mol. The second-order valence-electron chi connectivity index (χ2n) is 5.78. The number of benzene rings is 1. The molecule has 112 valence electrons. The van der Waals surface area contributed by atoms with E-state index in [4.69, 9.17) is 4.52 Å². The van der Waals surface area contributed by atoms with Gasteiger partial charge in [-0.2, -0.15) is 4.98 Å². The van der Waals surface area contributed by atoms with Gasteiger partial charge in [-0.1, -0.05) is 19.0 Å². The molecule has 21 heavy (non-hydrogen) atoms. The Hall–Kier alpha value is -1.27. The van der Waals surface area contributed by atoms with Crippen LogP contribution in [0.2, 0.25) is 0 Å². The van der Waals surface area contributed by atoms with Gasteiger partial charge in [-0.15, -0.1) is 0 Å². The first-order chi connectivity index (χ1) is 10.0. The Morgan fingerprint density at radius 2 is 2.24 bits per heavy atom. The molecule has 1 aliphatic rings. The number of nitrogens with zero attached hydrogens (tertiary/aromatic N) is 2. The molecule has 0 radical (unpaired) electrons. The van der Waals surface area contributed by atoms with Crippen LogP contribution in [-0.2, 0) is 5.41 Å². The highest BCUT2D eigenvalue weighted by molar-refractivity contribution is 9.10. The molecule has 1 aliphatic heterocycles. The summed E-state index contributed by atoms with van der Waals surface area (Å²) in [5, 5.41) is 7.46. The Morgan fingerprint density at radius 1 is 1.43 bits per heavy atom. The van der Waals surface area contributed by atoms with E-state index in [-0.39, 0.29) is 11.2 Å². The van der Waals surface area contributed by atoms with Crippen molar-refractivity contribution in [2.24, 2.45) is 5.92 Å². The highest BCUT2D eigenvalue weighted by Crippen LogP contribution is 2.38. The Bertz CT molecular complexity index is 650. The van der Waals surface area contributed by atoms with Crippen LogP contribution in [0, 0.1) is 11.7 Å². The second-order valence-corrected chi connectivity index (χ2v) is 6.64. The third kappa shape index (κ3) is 2.51. The van der Waals surface area contributed by atoms with Crippen LogP contribution < -0.4 is 5.32 Å². The molecule has 1 N–H and O–H groups in total. The molecular formula is C15H17BrFN3O. The number of hydrogen-bond acceptors (Lipinski definition) is 4. The minimum Gasteiger partial charge on any atom is -0.338 e. The third-order valence-corrected chi connectivity index (χ3v) is 4.97. The van der Waals surface area contributed by atoms with Gasteiger partial charge in [-0.3, -0.25) is 0 Å². The van der Waals surface area contributed by atoms with Crippen molar-refractivity contribution in [1.29, 1.82) is 0 Å². The van der Waals surface area contributed by atoms with Crippen molar-refractivity contribution in [3.05, 3.63) is 34.4 Å². The van der Waals surface area contributed by atoms with Crippen molar-refractivity contribution in [3.8, 4) is 11.4 Å². The zero-order valence-corrected chi connectivity index (χ0v) is 13.6. The van der Waals surface area contributed by atoms with Crippen LogP contribution in [0.1, 0.15) is 26.2 Å². The maximum atomic E-state index is 13.2. The van der Waals surface area contributed by atoms with Crippen LogP contribution in [-0.4, -0.2) is 23.2 Å². The topological polar surface area (TPSA) is 51.0 Å². The van der Waals surface area contributed by atoms with Gasteiger partial charge in [0.1, 0.15) is 5.82 Å². The molecule has 0 aliphatic carbocycles. The Kier molecular flexibility index (Phi) is 3.84. The van der Waals surface area contributed by atoms with Crippen LogP contribution in [0.5, 0.6) is 0 Å². The van der Waals surface area contributed by atoms with Crippen molar-refractivity contribution in [2.45, 2.75) is 25.7 Å². The van der Waals surface area contributed by atoms with Gasteiger partial charge in [0.05, 0.1) is 5.41 Å². The summed E-state index contributed by atoms with van der Waals surface area (Å²) in [7, 11) is 0. The molecule has 1 saturated heterocycles. The molecule has 1 aromatic heterocycles. The predicted octanol–water partition coefficient (Wildman–Crippen LogP) is 3.53. The lowest BCUT2D eigenvalue weighted by molar-refractivity contribution is 0.234. The molecule has 1 atom stereocenters. The lowest BCUT2D eigenvalue weighted by Gasteiger charge is -2.28. The van der Waals surface area contributed by atoms with Gasteiger partial charge >= 0.3 is 0 Å². The normalized spacial score (nSPS) is 22.1. The molecule has 1 aromatic carbocycles. The summed E-state index contributed by atoms with van der Waals surface area (Å²) >= 11 is 3.34. The smallest absolute Gasteiger partial charge is 0.234 e. The number of halogens is 2. The van der Waals surface area contributed by atoms with Crippen LogP contribution in [0.3, 0.4) is 0 Å². The summed E-state index contributed by atoms with van der Waals surface area (Å²) in [4.78, 5) is 4.58. The number of hydrogen-bond donors (Lipinski definition) is 1. The van der Waals surface area contributed by atoms with Crippen LogP contribution in [0.15, 0.2) is 27.2 Å². The molecule has 0 bridgehead atoms. The van der Waals surface area contributed by atoms with E-state index in [9.17, 15) is 4.39 Å². The zero-order chi connectivity index (χ0) is 15.0. The molecule has 0 saturated carbocycles. The Balaban J connectivity index is 2.00. The van der Waals surface area contributed by atoms with Crippen molar-refractivity contribution in [2.75, 3.05) is 13.1 Å². The first kappa shape index (κ1) is 14.7. The van der Waals surface area contributed by atoms with E-state index in [1.54, 1.807) is 6.07 Å². The summed E-state index contributed by atoms with van der Waals surface area (Å²) < 4.78 is 19.3. The summed E-state index contributed by atoms with van der Waals surface area (Å²) in [5.74, 6) is 1.25. The number of rotatable bonds is 3. The predicted molar refractivity (Wildman–Crippen MR) is 81.4 cm³/mol. The quantitative estimate of drug-likeness (QED) is 0.916. The van der Waals surface area contributed by atoms with Gasteiger partial charge in [0.25, 0.3) is 0 Å². The molecule has 0 amide bonds. The third-order valence-electron chi connectivity index (χ3n) is 4.32. The Morgan fingerprint density at radius 3 is 2.86 bits per heavy atom. The number of aromatic nitrogens is 2. The second kappa shape index (κ2) is 5.50. The summed E-state index contributed by atoms with van der Waals surface area (Å²) in [6.45, 7) is 6.14. The van der Waals surface area contributed by atoms with Gasteiger partial charge in [-0.05, 0) is 53.0 Å². The van der Waals surface area contributed by atoms with Crippen LogP contribution in [0.4, 0.5) is 4.39 Å². The molecule has 2 aromatic rings. The van der Waals surface area contributed by atoms with Gasteiger partial charge < -0.3 is 9.84 Å². The fourth-order valence-electron chi connectivity index (χ4n) is 2.84. The maximum Gasteiger partial charge on any atom is 0.234 e. The van der Waals surface area contributed by atoms with E-state index in [0.717, 1.165) is 25.1 Å². The van der Waals surface area contributed by atoms with E-state index < -0.39 is 0 Å². The maximum absolute atomic E-state index is 13.2. The standard InChI is InChI=1S/C15H17BrFN3O/c1-9(2)15(5-6-18-8-15)14-19-13(20-21-14)11-4-3-10(17)7-12(11)16/h3-4,7,9,18H,5-6,8H2,1-2H3.